The van der Waals surface area contributed by atoms with Crippen molar-refractivity contribution in [3.63, 3.8) is 0 Å². The van der Waals surface area contributed by atoms with Crippen LogP contribution in [0.2, 0.25) is 20.4 Å². The van der Waals surface area contributed by atoms with Gasteiger partial charge in [-0.05, 0) is 61.1 Å². The fourth-order valence-electron chi connectivity index (χ4n) is 5.09. The van der Waals surface area contributed by atoms with Crippen LogP contribution in [-0.4, -0.2) is 37.5 Å². The van der Waals surface area contributed by atoms with Crippen LogP contribution < -0.4 is 15.3 Å². The molecule has 0 bridgehead atoms. The standard InChI is InChI=1S/C14H13Cl3N2O4S.C13H12Cl2N2O2/c15-8-24(21,22)23-11-7-9(3-4-10(11)16)12-13(17)18-5-1-2-6-19(18)14(12)20;14-9-4-3-8(7-10(9)18)11-12(15)16-5-1-2-6-17(16)13(11)19/h3-4,7H,1-2,5-6,8H2;3-4,7,18H,1-2,5-6H2. The van der Waals surface area contributed by atoms with Crippen molar-refractivity contribution in [2.24, 2.45) is 0 Å². The zero-order valence-electron chi connectivity index (χ0n) is 22.4. The Kier molecular flexibility index (Phi) is 9.51. The molecule has 1 N–H and O–H groups in total. The minimum atomic E-state index is -3.96. The third-order valence-corrected chi connectivity index (χ3v) is 10.0. The van der Waals surface area contributed by atoms with E-state index in [4.69, 9.17) is 62.2 Å². The van der Waals surface area contributed by atoms with Crippen molar-refractivity contribution in [2.45, 2.75) is 51.9 Å². The Morgan fingerprint density at radius 3 is 1.58 bits per heavy atom. The lowest BCUT2D eigenvalue weighted by Crippen LogP contribution is -2.27. The molecular formula is C27H25Cl5N4O6S. The van der Waals surface area contributed by atoms with Gasteiger partial charge in [0.05, 0.1) is 21.2 Å². The first-order valence-electron chi connectivity index (χ1n) is 13.2. The highest BCUT2D eigenvalue weighted by atomic mass is 35.5. The van der Waals surface area contributed by atoms with Crippen molar-refractivity contribution in [2.75, 3.05) is 5.21 Å². The van der Waals surface area contributed by atoms with E-state index in [0.29, 0.717) is 52.2 Å². The summed E-state index contributed by atoms with van der Waals surface area (Å²) in [5.74, 6) is -0.150. The first-order chi connectivity index (χ1) is 20.4. The van der Waals surface area contributed by atoms with E-state index in [1.807, 2.05) is 0 Å². The molecule has 0 radical (unpaired) electrons. The highest BCUT2D eigenvalue weighted by Gasteiger charge is 2.24. The monoisotopic (exact) mass is 708 g/mol. The zero-order chi connectivity index (χ0) is 31.1. The molecule has 0 unspecified atom stereocenters. The first-order valence-corrected chi connectivity index (χ1v) is 16.8. The molecular weight excluding hydrogens is 686 g/mol. The summed E-state index contributed by atoms with van der Waals surface area (Å²) in [5, 5.41) is 10.0. The van der Waals surface area contributed by atoms with Crippen molar-refractivity contribution in [1.29, 1.82) is 0 Å². The molecule has 0 atom stereocenters. The van der Waals surface area contributed by atoms with E-state index in [2.05, 4.69) is 0 Å². The van der Waals surface area contributed by atoms with Crippen LogP contribution in [0.1, 0.15) is 25.7 Å². The number of halogens is 5. The van der Waals surface area contributed by atoms with Crippen molar-refractivity contribution in [3.05, 3.63) is 77.5 Å². The summed E-state index contributed by atoms with van der Waals surface area (Å²) in [6.45, 7) is 2.67. The van der Waals surface area contributed by atoms with Gasteiger partial charge in [-0.3, -0.25) is 19.0 Å². The molecule has 16 heteroatoms. The van der Waals surface area contributed by atoms with Crippen LogP contribution >= 0.6 is 58.0 Å². The lowest BCUT2D eigenvalue weighted by atomic mass is 10.1. The summed E-state index contributed by atoms with van der Waals surface area (Å²) in [6.07, 6.45) is 3.84. The van der Waals surface area contributed by atoms with Gasteiger partial charge in [0, 0.05) is 26.2 Å². The number of phenols is 1. The van der Waals surface area contributed by atoms with Crippen LogP contribution in [0.5, 0.6) is 11.5 Å². The predicted molar refractivity (Wildman–Crippen MR) is 169 cm³/mol. The van der Waals surface area contributed by atoms with Crippen LogP contribution in [0, 0.1) is 0 Å². The zero-order valence-corrected chi connectivity index (χ0v) is 27.0. The van der Waals surface area contributed by atoms with Crippen molar-refractivity contribution in [1.82, 2.24) is 18.7 Å². The number of hydrogen-bond donors (Lipinski definition) is 1. The molecule has 43 heavy (non-hydrogen) atoms. The molecule has 0 spiro atoms. The summed E-state index contributed by atoms with van der Waals surface area (Å²) in [6, 6.07) is 9.14. The van der Waals surface area contributed by atoms with E-state index in [1.54, 1.807) is 36.9 Å². The number of alkyl halides is 1. The second-order valence-corrected chi connectivity index (χ2v) is 13.6. The van der Waals surface area contributed by atoms with E-state index in [1.165, 1.54) is 18.2 Å². The van der Waals surface area contributed by atoms with Crippen LogP contribution in [0.4, 0.5) is 0 Å². The van der Waals surface area contributed by atoms with Crippen molar-refractivity contribution < 1.29 is 17.7 Å². The lowest BCUT2D eigenvalue weighted by Gasteiger charge is -2.17. The van der Waals surface area contributed by atoms with E-state index >= 15 is 0 Å². The number of rotatable bonds is 5. The quantitative estimate of drug-likeness (QED) is 0.188. The highest BCUT2D eigenvalue weighted by molar-refractivity contribution is 7.88. The van der Waals surface area contributed by atoms with Gasteiger partial charge in [0.2, 0.25) is 0 Å². The SMILES string of the molecule is O=c1c(-c2ccc(Cl)c(O)c2)c(Cl)n2n1CCCC2.O=c1c(-c2ccc(Cl)c(OS(=O)(=O)CCl)c2)c(Cl)n2n1CCCC2. The molecule has 4 heterocycles. The van der Waals surface area contributed by atoms with Gasteiger partial charge in [-0.15, -0.1) is 11.6 Å². The average Bonchev–Trinajstić information content (AvgIpc) is 3.40. The number of fused-ring (bicyclic) bond motifs is 2. The lowest BCUT2D eigenvalue weighted by molar-refractivity contribution is 0.356. The van der Waals surface area contributed by atoms with Gasteiger partial charge >= 0.3 is 10.1 Å². The first kappa shape index (κ1) is 31.9. The second-order valence-electron chi connectivity index (χ2n) is 9.91. The molecule has 0 saturated carbocycles. The van der Waals surface area contributed by atoms with Gasteiger partial charge in [-0.1, -0.05) is 58.5 Å². The Bertz CT molecular complexity index is 1930. The van der Waals surface area contributed by atoms with E-state index in [0.717, 1.165) is 32.2 Å². The van der Waals surface area contributed by atoms with Gasteiger partial charge in [0.25, 0.3) is 11.1 Å². The summed E-state index contributed by atoms with van der Waals surface area (Å²) in [7, 11) is -3.96. The van der Waals surface area contributed by atoms with Crippen LogP contribution in [0.3, 0.4) is 0 Å². The molecule has 10 nitrogen and oxygen atoms in total. The molecule has 0 aliphatic carbocycles. The fraction of sp³-hybridized carbons (Fsp3) is 0.333. The molecule has 4 aromatic rings. The Morgan fingerprint density at radius 2 is 1.14 bits per heavy atom. The van der Waals surface area contributed by atoms with Crippen LogP contribution in [0.25, 0.3) is 22.3 Å². The fourth-order valence-corrected chi connectivity index (χ4v) is 6.73. The maximum Gasteiger partial charge on any atom is 0.323 e. The molecule has 230 valence electrons. The number of aromatic hydroxyl groups is 1. The van der Waals surface area contributed by atoms with Gasteiger partial charge in [0.15, 0.2) is 11.0 Å². The topological polar surface area (TPSA) is 117 Å². The van der Waals surface area contributed by atoms with E-state index in [9.17, 15) is 23.1 Å². The molecule has 2 aromatic heterocycles. The minimum absolute atomic E-state index is 0.0520. The Balaban J connectivity index is 0.000000176. The smallest absolute Gasteiger partial charge is 0.323 e. The maximum absolute atomic E-state index is 12.6. The Hall–Kier alpha value is -2.54. The van der Waals surface area contributed by atoms with Gasteiger partial charge in [-0.2, -0.15) is 8.42 Å². The summed E-state index contributed by atoms with van der Waals surface area (Å²) in [4.78, 5) is 25.0. The number of nitrogens with zero attached hydrogens (tertiary/aromatic N) is 4. The number of phenolic OH excluding ortho intramolecular Hbond substituents is 1. The Morgan fingerprint density at radius 1 is 0.698 bits per heavy atom. The van der Waals surface area contributed by atoms with Crippen LogP contribution in [0.15, 0.2) is 46.0 Å². The second kappa shape index (κ2) is 12.8. The van der Waals surface area contributed by atoms with Crippen LogP contribution in [-0.2, 0) is 36.3 Å². The molecule has 0 amide bonds. The molecule has 0 saturated heterocycles. The van der Waals surface area contributed by atoms with Crippen molar-refractivity contribution >= 4 is 68.1 Å². The molecule has 2 aliphatic rings. The van der Waals surface area contributed by atoms with Gasteiger partial charge in [0.1, 0.15) is 16.1 Å². The summed E-state index contributed by atoms with van der Waals surface area (Å²) < 4.78 is 34.8. The minimum Gasteiger partial charge on any atom is -0.506 e. The van der Waals surface area contributed by atoms with Crippen molar-refractivity contribution in [3.8, 4) is 33.8 Å². The molecule has 6 rings (SSSR count). The number of aromatic nitrogens is 4. The third-order valence-electron chi connectivity index (χ3n) is 7.13. The maximum atomic E-state index is 12.6. The number of benzene rings is 2. The van der Waals surface area contributed by atoms with E-state index in [-0.39, 0.29) is 32.7 Å². The normalized spacial score (nSPS) is 14.4. The number of hydrogen-bond acceptors (Lipinski definition) is 6. The molecule has 0 fully saturated rings. The average molecular weight is 711 g/mol. The van der Waals surface area contributed by atoms with Gasteiger partial charge in [-0.25, -0.2) is 9.36 Å². The summed E-state index contributed by atoms with van der Waals surface area (Å²) in [5.41, 5.74) is 1.40. The Labute approximate surface area is 271 Å². The predicted octanol–water partition coefficient (Wildman–Crippen LogP) is 6.45. The van der Waals surface area contributed by atoms with Gasteiger partial charge < -0.3 is 9.29 Å². The highest BCUT2D eigenvalue weighted by Crippen LogP contribution is 2.35. The van der Waals surface area contributed by atoms with E-state index < -0.39 is 15.3 Å². The molecule has 2 aromatic carbocycles. The third kappa shape index (κ3) is 6.34. The molecule has 2 aliphatic heterocycles. The summed E-state index contributed by atoms with van der Waals surface area (Å²) >= 11 is 29.8. The largest absolute Gasteiger partial charge is 0.506 e.